The molecule has 11 nitrogen and oxygen atoms in total. The predicted molar refractivity (Wildman–Crippen MR) is 178 cm³/mol. The van der Waals surface area contributed by atoms with Gasteiger partial charge in [-0.25, -0.2) is 27.8 Å². The van der Waals surface area contributed by atoms with Gasteiger partial charge < -0.3 is 10.3 Å². The molecular weight excluding hydrogens is 619 g/mol. The van der Waals surface area contributed by atoms with Crippen molar-refractivity contribution in [2.24, 2.45) is 0 Å². The zero-order valence-electron chi connectivity index (χ0n) is 25.0. The Morgan fingerprint density at radius 2 is 1.72 bits per heavy atom. The van der Waals surface area contributed by atoms with Gasteiger partial charge in [0.25, 0.3) is 0 Å². The molecule has 0 saturated heterocycles. The van der Waals surface area contributed by atoms with Gasteiger partial charge in [0.05, 0.1) is 35.0 Å². The van der Waals surface area contributed by atoms with Gasteiger partial charge in [0.15, 0.2) is 17.1 Å². The zero-order valence-corrected chi connectivity index (χ0v) is 25.8. The van der Waals surface area contributed by atoms with Crippen LogP contribution in [0.1, 0.15) is 11.1 Å². The maximum atomic E-state index is 14.7. The Hall–Kier alpha value is -5.82. The summed E-state index contributed by atoms with van der Waals surface area (Å²) in [6.07, 6.45) is 8.15. The number of H-pyrrole nitrogens is 2. The number of aromatic nitrogens is 7. The first-order chi connectivity index (χ1) is 22.7. The number of amides is 1. The summed E-state index contributed by atoms with van der Waals surface area (Å²) in [5.74, 6) is -0.248. The van der Waals surface area contributed by atoms with Gasteiger partial charge in [-0.2, -0.15) is 5.10 Å². The van der Waals surface area contributed by atoms with E-state index in [0.29, 0.717) is 56.1 Å². The molecule has 3 N–H and O–H groups in total. The lowest BCUT2D eigenvalue weighted by molar-refractivity contribution is -0.115. The summed E-state index contributed by atoms with van der Waals surface area (Å²) in [5, 5.41) is 11.0. The Kier molecular flexibility index (Phi) is 7.74. The fourth-order valence-corrected chi connectivity index (χ4v) is 6.02. The first-order valence-corrected chi connectivity index (χ1v) is 16.7. The fraction of sp³-hybridized carbons (Fsp3) is 0.118. The number of carbonyl (C=O) groups is 1. The van der Waals surface area contributed by atoms with E-state index in [0.717, 1.165) is 22.9 Å². The highest BCUT2D eigenvalue weighted by Crippen LogP contribution is 2.33. The number of rotatable bonds is 9. The number of imidazole rings is 1. The second kappa shape index (κ2) is 12.2. The average molecular weight is 647 g/mol. The predicted octanol–water partition coefficient (Wildman–Crippen LogP) is 5.53. The maximum absolute atomic E-state index is 14.7. The lowest BCUT2D eigenvalue weighted by atomic mass is 10.0. The number of hydrogen-bond acceptors (Lipinski definition) is 8. The molecule has 47 heavy (non-hydrogen) atoms. The number of hydrogen-bond donors (Lipinski definition) is 3. The largest absolute Gasteiger partial charge is 0.335 e. The molecule has 0 aliphatic rings. The summed E-state index contributed by atoms with van der Waals surface area (Å²) in [7, 11) is -3.21. The van der Waals surface area contributed by atoms with Crippen LogP contribution in [0.25, 0.3) is 56.0 Å². The van der Waals surface area contributed by atoms with Crippen LogP contribution in [0.4, 0.5) is 10.1 Å². The number of fused-ring (bicyclic) bond motifs is 2. The molecular formula is C34H27FN8O3S. The number of carbonyl (C=O) groups excluding carboxylic acids is 1. The third kappa shape index (κ3) is 6.60. The second-order valence-corrected chi connectivity index (χ2v) is 13.5. The van der Waals surface area contributed by atoms with E-state index >= 15 is 0 Å². The fourth-order valence-electron chi connectivity index (χ4n) is 5.41. The highest BCUT2D eigenvalue weighted by Gasteiger charge is 2.18. The number of nitrogens with zero attached hydrogens (tertiary/aromatic N) is 5. The third-order valence-corrected chi connectivity index (χ3v) is 8.58. The molecule has 0 atom stereocenters. The van der Waals surface area contributed by atoms with Crippen molar-refractivity contribution in [3.63, 3.8) is 0 Å². The van der Waals surface area contributed by atoms with Gasteiger partial charge in [0.1, 0.15) is 21.3 Å². The molecule has 0 aliphatic heterocycles. The average Bonchev–Trinajstić information content (AvgIpc) is 3.68. The first-order valence-electron chi connectivity index (χ1n) is 14.6. The van der Waals surface area contributed by atoms with Gasteiger partial charge in [0.2, 0.25) is 5.91 Å². The minimum Gasteiger partial charge on any atom is -0.335 e. The number of aromatic amines is 2. The monoisotopic (exact) mass is 646 g/mol. The topological polar surface area (TPSA) is 159 Å². The summed E-state index contributed by atoms with van der Waals surface area (Å²) >= 11 is 0. The summed E-state index contributed by atoms with van der Waals surface area (Å²) in [5.41, 5.74) is 6.81. The molecule has 0 bridgehead atoms. The van der Waals surface area contributed by atoms with Gasteiger partial charge in [-0.05, 0) is 53.4 Å². The standard InChI is InChI=1S/C34H27FN8O3S/c1-47(45,46)10-8-21-11-22(14-25(35)12-21)27-7-9-37-33-30(27)40-34(41-33)31-28-16-24(18-38-32(28)43-42-31)23-15-26(19-36-17-23)39-29(44)13-20-5-3-2-4-6-20/h2-7,9,11-12,14-19H,8,10,13H2,1H3,(H,39,44)(H,37,40,41)(H,38,42,43). The number of sulfone groups is 1. The SMILES string of the molecule is CS(=O)(=O)CCc1cc(F)cc(-c2ccnc3nc(-c4[nH]nc5ncc(-c6cncc(NC(=O)Cc7ccccc7)c6)cc45)[nH]c23)c1. The molecule has 0 fully saturated rings. The van der Waals surface area contributed by atoms with Crippen LogP contribution in [0.15, 0.2) is 91.5 Å². The second-order valence-electron chi connectivity index (χ2n) is 11.2. The Morgan fingerprint density at radius 3 is 2.55 bits per heavy atom. The Labute approximate surface area is 268 Å². The number of nitrogens with one attached hydrogen (secondary N) is 3. The Bertz CT molecular complexity index is 2390. The molecule has 0 saturated carbocycles. The van der Waals surface area contributed by atoms with E-state index in [-0.39, 0.29) is 24.5 Å². The van der Waals surface area contributed by atoms with Crippen molar-refractivity contribution in [2.75, 3.05) is 17.3 Å². The molecule has 0 unspecified atom stereocenters. The molecule has 13 heteroatoms. The lowest BCUT2D eigenvalue weighted by Crippen LogP contribution is -2.14. The highest BCUT2D eigenvalue weighted by atomic mass is 32.2. The quantitative estimate of drug-likeness (QED) is 0.185. The van der Waals surface area contributed by atoms with Crippen LogP contribution >= 0.6 is 0 Å². The Balaban J connectivity index is 1.20. The Morgan fingerprint density at radius 1 is 0.894 bits per heavy atom. The maximum Gasteiger partial charge on any atom is 0.228 e. The number of halogens is 1. The van der Waals surface area contributed by atoms with Crippen LogP contribution in [-0.2, 0) is 27.5 Å². The van der Waals surface area contributed by atoms with Gasteiger partial charge in [0, 0.05) is 41.5 Å². The highest BCUT2D eigenvalue weighted by molar-refractivity contribution is 7.90. The van der Waals surface area contributed by atoms with Crippen molar-refractivity contribution >= 4 is 43.6 Å². The minimum atomic E-state index is -3.21. The van der Waals surface area contributed by atoms with E-state index in [1.165, 1.54) is 12.1 Å². The van der Waals surface area contributed by atoms with Gasteiger partial charge in [-0.15, -0.1) is 0 Å². The van der Waals surface area contributed by atoms with Gasteiger partial charge >= 0.3 is 0 Å². The molecule has 0 radical (unpaired) electrons. The van der Waals surface area contributed by atoms with Crippen molar-refractivity contribution in [3.05, 3.63) is 108 Å². The van der Waals surface area contributed by atoms with E-state index in [4.69, 9.17) is 0 Å². The van der Waals surface area contributed by atoms with Crippen molar-refractivity contribution < 1.29 is 17.6 Å². The molecule has 7 aromatic rings. The van der Waals surface area contributed by atoms with Crippen LogP contribution < -0.4 is 5.32 Å². The normalized spacial score (nSPS) is 11.7. The molecule has 5 aromatic heterocycles. The number of benzene rings is 2. The van der Waals surface area contributed by atoms with E-state index in [1.54, 1.807) is 36.9 Å². The smallest absolute Gasteiger partial charge is 0.228 e. The number of pyridine rings is 3. The summed E-state index contributed by atoms with van der Waals surface area (Å²) in [4.78, 5) is 33.9. The van der Waals surface area contributed by atoms with E-state index < -0.39 is 15.7 Å². The molecule has 234 valence electrons. The summed E-state index contributed by atoms with van der Waals surface area (Å²) in [6, 6.07) is 19.5. The van der Waals surface area contributed by atoms with Crippen LogP contribution in [0, 0.1) is 5.82 Å². The van der Waals surface area contributed by atoms with E-state index in [9.17, 15) is 17.6 Å². The van der Waals surface area contributed by atoms with Gasteiger partial charge in [-0.3, -0.25) is 14.9 Å². The minimum absolute atomic E-state index is 0.0813. The molecule has 7 rings (SSSR count). The molecule has 0 aliphatic carbocycles. The van der Waals surface area contributed by atoms with Gasteiger partial charge in [-0.1, -0.05) is 36.4 Å². The molecule has 2 aromatic carbocycles. The van der Waals surface area contributed by atoms with Crippen LogP contribution in [0.3, 0.4) is 0 Å². The lowest BCUT2D eigenvalue weighted by Gasteiger charge is -2.08. The van der Waals surface area contributed by atoms with Crippen LogP contribution in [0.5, 0.6) is 0 Å². The van der Waals surface area contributed by atoms with Crippen molar-refractivity contribution in [1.29, 1.82) is 0 Å². The van der Waals surface area contributed by atoms with E-state index in [1.807, 2.05) is 42.5 Å². The number of anilines is 1. The molecule has 0 spiro atoms. The molecule has 1 amide bonds. The summed E-state index contributed by atoms with van der Waals surface area (Å²) in [6.45, 7) is 0. The molecule has 5 heterocycles. The zero-order chi connectivity index (χ0) is 32.5. The van der Waals surface area contributed by atoms with Crippen LogP contribution in [0.2, 0.25) is 0 Å². The van der Waals surface area contributed by atoms with Crippen molar-refractivity contribution in [1.82, 2.24) is 35.1 Å². The van der Waals surface area contributed by atoms with Crippen molar-refractivity contribution in [3.8, 4) is 33.8 Å². The third-order valence-electron chi connectivity index (χ3n) is 7.63. The van der Waals surface area contributed by atoms with E-state index in [2.05, 4.69) is 40.4 Å². The van der Waals surface area contributed by atoms with Crippen LogP contribution in [-0.4, -0.2) is 61.5 Å². The summed E-state index contributed by atoms with van der Waals surface area (Å²) < 4.78 is 38.0. The first kappa shape index (κ1) is 29.9. The number of aryl methyl sites for hydroxylation is 1. The van der Waals surface area contributed by atoms with Crippen molar-refractivity contribution in [2.45, 2.75) is 12.8 Å².